The Morgan fingerprint density at radius 2 is 1.50 bits per heavy atom. The van der Waals surface area contributed by atoms with E-state index < -0.39 is 0 Å². The SMILES string of the molecule is CCC1=C(c2cc3c(c(N(C)c4ccc(-c5ccccc5)cc4)c2)C=CC3)C=CC1. The molecule has 3 aromatic carbocycles. The van der Waals surface area contributed by atoms with E-state index >= 15 is 0 Å². The quantitative estimate of drug-likeness (QED) is 0.430. The molecule has 0 spiro atoms. The van der Waals surface area contributed by atoms with E-state index in [4.69, 9.17) is 0 Å². The van der Waals surface area contributed by atoms with Crippen LogP contribution in [-0.4, -0.2) is 7.05 Å². The minimum Gasteiger partial charge on any atom is -0.344 e. The summed E-state index contributed by atoms with van der Waals surface area (Å²) in [6, 6.07) is 24.2. The molecule has 0 heterocycles. The Kier molecular flexibility index (Phi) is 4.88. The van der Waals surface area contributed by atoms with Crippen molar-refractivity contribution in [2.45, 2.75) is 26.2 Å². The van der Waals surface area contributed by atoms with Crippen molar-refractivity contribution in [1.82, 2.24) is 0 Å². The number of anilines is 2. The van der Waals surface area contributed by atoms with E-state index in [9.17, 15) is 0 Å². The van der Waals surface area contributed by atoms with Crippen LogP contribution in [-0.2, 0) is 6.42 Å². The molecule has 5 rings (SSSR count). The molecule has 0 amide bonds. The van der Waals surface area contributed by atoms with Crippen molar-refractivity contribution in [3.05, 3.63) is 107 Å². The molecule has 1 nitrogen and oxygen atoms in total. The molecule has 0 saturated heterocycles. The standard InChI is InChI=1S/C29H27N/c1-3-21-11-7-13-27(21)25-19-24-12-8-14-28(24)29(20-25)30(2)26-17-15-23(16-18-26)22-9-5-4-6-10-22/h4-10,13-20H,3,11-12H2,1-2H3. The molecule has 0 unspecified atom stereocenters. The van der Waals surface area contributed by atoms with Crippen molar-refractivity contribution in [2.24, 2.45) is 0 Å². The minimum absolute atomic E-state index is 1.02. The van der Waals surface area contributed by atoms with Gasteiger partial charge in [-0.2, -0.15) is 0 Å². The third-order valence-electron chi connectivity index (χ3n) is 6.36. The van der Waals surface area contributed by atoms with Crippen molar-refractivity contribution in [3.8, 4) is 11.1 Å². The lowest BCUT2D eigenvalue weighted by atomic mass is 9.95. The fourth-order valence-electron chi connectivity index (χ4n) is 4.62. The lowest BCUT2D eigenvalue weighted by molar-refractivity contribution is 1.05. The second kappa shape index (κ2) is 7.84. The van der Waals surface area contributed by atoms with Crippen molar-refractivity contribution >= 4 is 23.0 Å². The van der Waals surface area contributed by atoms with Gasteiger partial charge in [-0.25, -0.2) is 0 Å². The van der Waals surface area contributed by atoms with Gasteiger partial charge in [-0.05, 0) is 65.3 Å². The summed E-state index contributed by atoms with van der Waals surface area (Å²) in [5.74, 6) is 0. The van der Waals surface area contributed by atoms with E-state index in [2.05, 4.69) is 110 Å². The Balaban J connectivity index is 1.53. The van der Waals surface area contributed by atoms with Crippen molar-refractivity contribution in [1.29, 1.82) is 0 Å². The summed E-state index contributed by atoms with van der Waals surface area (Å²) in [5, 5.41) is 0. The summed E-state index contributed by atoms with van der Waals surface area (Å²) in [5.41, 5.74) is 12.1. The fraction of sp³-hybridized carbons (Fsp3) is 0.172. The molecule has 148 valence electrons. The Morgan fingerprint density at radius 3 is 2.27 bits per heavy atom. The largest absolute Gasteiger partial charge is 0.344 e. The number of nitrogens with zero attached hydrogens (tertiary/aromatic N) is 1. The van der Waals surface area contributed by atoms with Crippen LogP contribution in [0.1, 0.15) is 36.5 Å². The van der Waals surface area contributed by atoms with Crippen LogP contribution in [0.2, 0.25) is 0 Å². The maximum Gasteiger partial charge on any atom is 0.0490 e. The van der Waals surface area contributed by atoms with Gasteiger partial charge in [-0.1, -0.05) is 85.3 Å². The number of hydrogen-bond acceptors (Lipinski definition) is 1. The second-order valence-electron chi connectivity index (χ2n) is 8.12. The van der Waals surface area contributed by atoms with Gasteiger partial charge in [-0.3, -0.25) is 0 Å². The highest BCUT2D eigenvalue weighted by Gasteiger charge is 2.19. The van der Waals surface area contributed by atoms with Gasteiger partial charge >= 0.3 is 0 Å². The molecular formula is C29H27N. The summed E-state index contributed by atoms with van der Waals surface area (Å²) >= 11 is 0. The zero-order chi connectivity index (χ0) is 20.5. The highest BCUT2D eigenvalue weighted by atomic mass is 15.1. The van der Waals surface area contributed by atoms with Crippen LogP contribution in [0.3, 0.4) is 0 Å². The van der Waals surface area contributed by atoms with E-state index in [1.54, 1.807) is 5.57 Å². The first kappa shape index (κ1) is 18.7. The Bertz CT molecular complexity index is 1160. The molecule has 0 radical (unpaired) electrons. The summed E-state index contributed by atoms with van der Waals surface area (Å²) in [6.45, 7) is 2.26. The highest BCUT2D eigenvalue weighted by molar-refractivity contribution is 5.87. The molecule has 2 aliphatic carbocycles. The monoisotopic (exact) mass is 389 g/mol. The molecular weight excluding hydrogens is 362 g/mol. The van der Waals surface area contributed by atoms with Gasteiger partial charge in [0.05, 0.1) is 0 Å². The smallest absolute Gasteiger partial charge is 0.0490 e. The van der Waals surface area contributed by atoms with Crippen molar-refractivity contribution in [3.63, 3.8) is 0 Å². The predicted octanol–water partition coefficient (Wildman–Crippen LogP) is 7.81. The van der Waals surface area contributed by atoms with Crippen LogP contribution in [0.5, 0.6) is 0 Å². The molecule has 0 saturated carbocycles. The summed E-state index contributed by atoms with van der Waals surface area (Å²) < 4.78 is 0. The zero-order valence-electron chi connectivity index (χ0n) is 17.7. The normalized spacial score (nSPS) is 14.5. The molecule has 0 aliphatic heterocycles. The first-order valence-corrected chi connectivity index (χ1v) is 10.9. The highest BCUT2D eigenvalue weighted by Crippen LogP contribution is 2.39. The third-order valence-corrected chi connectivity index (χ3v) is 6.36. The molecule has 0 atom stereocenters. The first-order valence-electron chi connectivity index (χ1n) is 10.9. The first-order chi connectivity index (χ1) is 14.7. The van der Waals surface area contributed by atoms with Crippen LogP contribution in [0, 0.1) is 0 Å². The number of benzene rings is 3. The molecule has 0 bridgehead atoms. The lowest BCUT2D eigenvalue weighted by Gasteiger charge is -2.24. The second-order valence-corrected chi connectivity index (χ2v) is 8.12. The van der Waals surface area contributed by atoms with Gasteiger partial charge in [0.1, 0.15) is 0 Å². The van der Waals surface area contributed by atoms with Gasteiger partial charge in [0.2, 0.25) is 0 Å². The maximum atomic E-state index is 2.39. The molecule has 0 fully saturated rings. The summed E-state index contributed by atoms with van der Waals surface area (Å²) in [4.78, 5) is 2.33. The van der Waals surface area contributed by atoms with Crippen LogP contribution < -0.4 is 4.90 Å². The fourth-order valence-corrected chi connectivity index (χ4v) is 4.62. The van der Waals surface area contributed by atoms with Crippen LogP contribution in [0.4, 0.5) is 11.4 Å². The summed E-state index contributed by atoms with van der Waals surface area (Å²) in [7, 11) is 2.18. The van der Waals surface area contributed by atoms with Crippen LogP contribution in [0.15, 0.2) is 90.5 Å². The number of fused-ring (bicyclic) bond motifs is 1. The lowest BCUT2D eigenvalue weighted by Crippen LogP contribution is -2.12. The van der Waals surface area contributed by atoms with Gasteiger partial charge in [-0.15, -0.1) is 0 Å². The molecule has 0 aromatic heterocycles. The number of allylic oxidation sites excluding steroid dienone is 5. The van der Waals surface area contributed by atoms with Crippen LogP contribution >= 0.6 is 0 Å². The van der Waals surface area contributed by atoms with E-state index in [1.165, 1.54) is 44.8 Å². The molecule has 0 N–H and O–H groups in total. The van der Waals surface area contributed by atoms with Crippen LogP contribution in [0.25, 0.3) is 22.8 Å². The molecule has 1 heteroatoms. The third kappa shape index (κ3) is 3.31. The average molecular weight is 390 g/mol. The summed E-state index contributed by atoms with van der Waals surface area (Å²) in [6.07, 6.45) is 12.4. The van der Waals surface area contributed by atoms with E-state index in [0.717, 1.165) is 19.3 Å². The Labute approximate surface area is 179 Å². The van der Waals surface area contributed by atoms with Gasteiger partial charge in [0, 0.05) is 24.0 Å². The van der Waals surface area contributed by atoms with E-state index in [1.807, 2.05) is 0 Å². The van der Waals surface area contributed by atoms with Gasteiger partial charge in [0.25, 0.3) is 0 Å². The van der Waals surface area contributed by atoms with E-state index in [0.29, 0.717) is 0 Å². The maximum absolute atomic E-state index is 2.39. The van der Waals surface area contributed by atoms with Gasteiger partial charge in [0.15, 0.2) is 0 Å². The average Bonchev–Trinajstić information content (AvgIpc) is 3.48. The zero-order valence-corrected chi connectivity index (χ0v) is 17.7. The van der Waals surface area contributed by atoms with Crippen molar-refractivity contribution in [2.75, 3.05) is 11.9 Å². The Morgan fingerprint density at radius 1 is 0.767 bits per heavy atom. The predicted molar refractivity (Wildman–Crippen MR) is 130 cm³/mol. The van der Waals surface area contributed by atoms with E-state index in [-0.39, 0.29) is 0 Å². The molecule has 2 aliphatic rings. The number of rotatable bonds is 5. The topological polar surface area (TPSA) is 3.24 Å². The van der Waals surface area contributed by atoms with Gasteiger partial charge < -0.3 is 4.90 Å². The molecule has 3 aromatic rings. The Hall–Kier alpha value is -3.32. The number of hydrogen-bond donors (Lipinski definition) is 0. The minimum atomic E-state index is 1.02. The molecule has 30 heavy (non-hydrogen) atoms. The van der Waals surface area contributed by atoms with Crippen molar-refractivity contribution < 1.29 is 0 Å².